The smallest absolute Gasteiger partial charge is 0.221 e. The van der Waals surface area contributed by atoms with E-state index in [9.17, 15) is 14.7 Å². The van der Waals surface area contributed by atoms with Crippen molar-refractivity contribution in [2.45, 2.75) is 19.4 Å². The van der Waals surface area contributed by atoms with Gasteiger partial charge in [0.15, 0.2) is 0 Å². The summed E-state index contributed by atoms with van der Waals surface area (Å²) in [7, 11) is 1.47. The van der Waals surface area contributed by atoms with Crippen LogP contribution in [-0.4, -0.2) is 49.8 Å². The minimum atomic E-state index is -0.695. The fourth-order valence-corrected chi connectivity index (χ4v) is 0.923. The molecule has 0 fully saturated rings. The van der Waals surface area contributed by atoms with Crippen LogP contribution in [0, 0.1) is 0 Å². The zero-order valence-electron chi connectivity index (χ0n) is 9.08. The molecular formula is C9H18N2O4. The third-order valence-electron chi connectivity index (χ3n) is 1.62. The van der Waals surface area contributed by atoms with Crippen molar-refractivity contribution in [1.29, 1.82) is 0 Å². The normalized spacial score (nSPS) is 11.9. The molecule has 0 aromatic heterocycles. The molecule has 0 spiro atoms. The summed E-state index contributed by atoms with van der Waals surface area (Å²) in [6, 6.07) is 0. The van der Waals surface area contributed by atoms with Crippen molar-refractivity contribution < 1.29 is 19.4 Å². The number of ether oxygens (including phenoxy) is 1. The number of amides is 2. The molecule has 1 unspecified atom stereocenters. The van der Waals surface area contributed by atoms with Crippen molar-refractivity contribution in [3.05, 3.63) is 0 Å². The molecule has 3 N–H and O–H groups in total. The fraction of sp³-hybridized carbons (Fsp3) is 0.778. The summed E-state index contributed by atoms with van der Waals surface area (Å²) < 4.78 is 4.69. The molecule has 0 aliphatic rings. The first-order chi connectivity index (χ1) is 7.06. The molecule has 0 rings (SSSR count). The van der Waals surface area contributed by atoms with Gasteiger partial charge in [-0.15, -0.1) is 0 Å². The molecular weight excluding hydrogens is 200 g/mol. The Kier molecular flexibility index (Phi) is 7.57. The minimum absolute atomic E-state index is 0.159. The van der Waals surface area contributed by atoms with E-state index in [2.05, 4.69) is 10.6 Å². The van der Waals surface area contributed by atoms with Crippen LogP contribution in [-0.2, 0) is 14.3 Å². The number of methoxy groups -OCH3 is 1. The number of aliphatic hydroxyl groups excluding tert-OH is 1. The van der Waals surface area contributed by atoms with Gasteiger partial charge in [0.2, 0.25) is 11.8 Å². The van der Waals surface area contributed by atoms with Crippen LogP contribution in [0.2, 0.25) is 0 Å². The number of aliphatic hydroxyl groups is 1. The molecule has 2 amide bonds. The van der Waals surface area contributed by atoms with E-state index in [1.54, 1.807) is 0 Å². The molecule has 0 aliphatic heterocycles. The Morgan fingerprint density at radius 3 is 2.60 bits per heavy atom. The second-order valence-electron chi connectivity index (χ2n) is 3.15. The highest BCUT2D eigenvalue weighted by Crippen LogP contribution is 1.83. The van der Waals surface area contributed by atoms with Gasteiger partial charge in [0.1, 0.15) is 0 Å². The largest absolute Gasteiger partial charge is 0.389 e. The highest BCUT2D eigenvalue weighted by molar-refractivity contribution is 5.77. The molecule has 6 heteroatoms. The highest BCUT2D eigenvalue weighted by Gasteiger charge is 2.06. The first kappa shape index (κ1) is 13.9. The lowest BCUT2D eigenvalue weighted by Gasteiger charge is -2.10. The van der Waals surface area contributed by atoms with Crippen molar-refractivity contribution >= 4 is 11.8 Å². The standard InChI is InChI=1S/C9H18N2O4/c1-7(12)10-4-3-9(14)11-5-8(13)6-15-2/h8,13H,3-6H2,1-2H3,(H,10,12)(H,11,14). The van der Waals surface area contributed by atoms with E-state index in [-0.39, 0.29) is 31.4 Å². The van der Waals surface area contributed by atoms with E-state index >= 15 is 0 Å². The second kappa shape index (κ2) is 8.19. The number of hydrogen-bond donors (Lipinski definition) is 3. The lowest BCUT2D eigenvalue weighted by atomic mass is 10.3. The van der Waals surface area contributed by atoms with Crippen LogP contribution >= 0.6 is 0 Å². The lowest BCUT2D eigenvalue weighted by molar-refractivity contribution is -0.122. The maximum Gasteiger partial charge on any atom is 0.221 e. The predicted molar refractivity (Wildman–Crippen MR) is 54.2 cm³/mol. The quantitative estimate of drug-likeness (QED) is 0.492. The van der Waals surface area contributed by atoms with Gasteiger partial charge in [-0.05, 0) is 0 Å². The summed E-state index contributed by atoms with van der Waals surface area (Å²) in [5, 5.41) is 14.2. The molecule has 1 atom stereocenters. The van der Waals surface area contributed by atoms with Gasteiger partial charge in [0.25, 0.3) is 0 Å². The monoisotopic (exact) mass is 218 g/mol. The van der Waals surface area contributed by atoms with Gasteiger partial charge >= 0.3 is 0 Å². The van der Waals surface area contributed by atoms with Gasteiger partial charge in [-0.1, -0.05) is 0 Å². The van der Waals surface area contributed by atoms with Gasteiger partial charge in [0, 0.05) is 33.5 Å². The van der Waals surface area contributed by atoms with Crippen LogP contribution in [0.4, 0.5) is 0 Å². The van der Waals surface area contributed by atoms with E-state index in [1.165, 1.54) is 14.0 Å². The van der Waals surface area contributed by atoms with Crippen molar-refractivity contribution in [2.24, 2.45) is 0 Å². The zero-order chi connectivity index (χ0) is 11.7. The first-order valence-corrected chi connectivity index (χ1v) is 4.74. The Labute approximate surface area is 89.0 Å². The molecule has 88 valence electrons. The van der Waals surface area contributed by atoms with E-state index in [0.29, 0.717) is 6.54 Å². The highest BCUT2D eigenvalue weighted by atomic mass is 16.5. The molecule has 6 nitrogen and oxygen atoms in total. The van der Waals surface area contributed by atoms with Crippen LogP contribution in [0.5, 0.6) is 0 Å². The van der Waals surface area contributed by atoms with E-state index in [0.717, 1.165) is 0 Å². The van der Waals surface area contributed by atoms with Crippen molar-refractivity contribution in [2.75, 3.05) is 26.8 Å². The SMILES string of the molecule is COCC(O)CNC(=O)CCNC(C)=O. The molecule has 0 bridgehead atoms. The maximum absolute atomic E-state index is 11.1. The van der Waals surface area contributed by atoms with Crippen LogP contribution in [0.3, 0.4) is 0 Å². The first-order valence-electron chi connectivity index (χ1n) is 4.74. The third-order valence-corrected chi connectivity index (χ3v) is 1.62. The number of carbonyl (C=O) groups is 2. The van der Waals surface area contributed by atoms with Crippen molar-refractivity contribution in [1.82, 2.24) is 10.6 Å². The summed E-state index contributed by atoms with van der Waals surface area (Å²) in [6.45, 7) is 2.04. The minimum Gasteiger partial charge on any atom is -0.389 e. The molecule has 0 aromatic carbocycles. The molecule has 0 aliphatic carbocycles. The Morgan fingerprint density at radius 2 is 2.07 bits per heavy atom. The summed E-state index contributed by atoms with van der Waals surface area (Å²) >= 11 is 0. The third kappa shape index (κ3) is 9.17. The predicted octanol–water partition coefficient (Wildman–Crippen LogP) is -1.36. The molecule has 0 heterocycles. The van der Waals surface area contributed by atoms with Crippen LogP contribution < -0.4 is 10.6 Å². The molecule has 0 saturated heterocycles. The van der Waals surface area contributed by atoms with Crippen LogP contribution in [0.15, 0.2) is 0 Å². The van der Waals surface area contributed by atoms with Gasteiger partial charge in [-0.25, -0.2) is 0 Å². The number of rotatable bonds is 7. The maximum atomic E-state index is 11.1. The summed E-state index contributed by atoms with van der Waals surface area (Å²) in [5.41, 5.74) is 0. The van der Waals surface area contributed by atoms with Crippen LogP contribution in [0.1, 0.15) is 13.3 Å². The Bertz CT molecular complexity index is 208. The average Bonchev–Trinajstić information content (AvgIpc) is 2.14. The fourth-order valence-electron chi connectivity index (χ4n) is 0.923. The van der Waals surface area contributed by atoms with E-state index in [1.807, 2.05) is 0 Å². The van der Waals surface area contributed by atoms with E-state index < -0.39 is 6.10 Å². The topological polar surface area (TPSA) is 87.7 Å². The van der Waals surface area contributed by atoms with Crippen molar-refractivity contribution in [3.8, 4) is 0 Å². The zero-order valence-corrected chi connectivity index (χ0v) is 9.08. The molecule has 0 aromatic rings. The van der Waals surface area contributed by atoms with Gasteiger partial charge in [-0.3, -0.25) is 9.59 Å². The number of hydrogen-bond acceptors (Lipinski definition) is 4. The van der Waals surface area contributed by atoms with Gasteiger partial charge in [0.05, 0.1) is 12.7 Å². The Morgan fingerprint density at radius 1 is 1.40 bits per heavy atom. The average molecular weight is 218 g/mol. The summed E-state index contributed by atoms with van der Waals surface area (Å²) in [5.74, 6) is -0.374. The van der Waals surface area contributed by atoms with Gasteiger partial charge in [-0.2, -0.15) is 0 Å². The summed E-state index contributed by atoms with van der Waals surface area (Å²) in [4.78, 5) is 21.6. The Balaban J connectivity index is 3.44. The van der Waals surface area contributed by atoms with E-state index in [4.69, 9.17) is 4.74 Å². The summed E-state index contributed by atoms with van der Waals surface area (Å²) in [6.07, 6.45) is -0.487. The lowest BCUT2D eigenvalue weighted by Crippen LogP contribution is -2.36. The molecule has 0 radical (unpaired) electrons. The number of carbonyl (C=O) groups excluding carboxylic acids is 2. The van der Waals surface area contributed by atoms with Gasteiger partial charge < -0.3 is 20.5 Å². The molecule has 0 saturated carbocycles. The number of nitrogens with one attached hydrogen (secondary N) is 2. The van der Waals surface area contributed by atoms with Crippen LogP contribution in [0.25, 0.3) is 0 Å². The Hall–Kier alpha value is -1.14. The second-order valence-corrected chi connectivity index (χ2v) is 3.15. The molecule has 15 heavy (non-hydrogen) atoms. The van der Waals surface area contributed by atoms with Crippen molar-refractivity contribution in [3.63, 3.8) is 0 Å².